The van der Waals surface area contributed by atoms with Crippen molar-refractivity contribution in [1.29, 1.82) is 0 Å². The van der Waals surface area contributed by atoms with Crippen molar-refractivity contribution >= 4 is 6.29 Å². The fourth-order valence-electron chi connectivity index (χ4n) is 0. The normalized spacial score (nSPS) is 5.43. The Morgan fingerprint density at radius 2 is 1.71 bits per heavy atom. The van der Waals surface area contributed by atoms with Gasteiger partial charge in [-0.15, -0.1) is 0 Å². The lowest BCUT2D eigenvalue weighted by atomic mass is 10.8. The van der Waals surface area contributed by atoms with Gasteiger partial charge in [0, 0.05) is 0 Å². The van der Waals surface area contributed by atoms with Crippen molar-refractivity contribution in [1.82, 2.24) is 5.32 Å². The fourth-order valence-corrected chi connectivity index (χ4v) is 0. The van der Waals surface area contributed by atoms with Gasteiger partial charge in [-0.1, -0.05) is 6.58 Å². The molecule has 0 heterocycles. The molecule has 0 aromatic rings. The van der Waals surface area contributed by atoms with Crippen LogP contribution < -0.4 is 5.32 Å². The molecule has 0 radical (unpaired) electrons. The maximum atomic E-state index is 9.06. The number of aldehydes is 1. The van der Waals surface area contributed by atoms with Crippen LogP contribution in [0.3, 0.4) is 0 Å². The highest BCUT2D eigenvalue weighted by atomic mass is 16.1. The zero-order chi connectivity index (χ0) is 6.12. The van der Waals surface area contributed by atoms with Gasteiger partial charge in [0.25, 0.3) is 0 Å². The van der Waals surface area contributed by atoms with Gasteiger partial charge in [0.1, 0.15) is 6.29 Å². The molecule has 0 spiro atoms. The van der Waals surface area contributed by atoms with E-state index in [-0.39, 0.29) is 0 Å². The summed E-state index contributed by atoms with van der Waals surface area (Å²) in [6, 6.07) is 0. The summed E-state index contributed by atoms with van der Waals surface area (Å²) < 4.78 is 0. The average Bonchev–Trinajstić information content (AvgIpc) is 1.69. The van der Waals surface area contributed by atoms with Crippen LogP contribution in [0.4, 0.5) is 0 Å². The molecular formula is C5H11NO. The van der Waals surface area contributed by atoms with Crippen LogP contribution in [-0.2, 0) is 4.79 Å². The van der Waals surface area contributed by atoms with Crippen molar-refractivity contribution in [3.63, 3.8) is 0 Å². The van der Waals surface area contributed by atoms with E-state index in [9.17, 15) is 0 Å². The van der Waals surface area contributed by atoms with Crippen molar-refractivity contribution < 1.29 is 4.79 Å². The molecule has 42 valence electrons. The minimum atomic E-state index is 0.639. The van der Waals surface area contributed by atoms with Crippen LogP contribution in [0.25, 0.3) is 0 Å². The maximum absolute atomic E-state index is 9.06. The van der Waals surface area contributed by atoms with E-state index in [0.29, 0.717) is 6.29 Å². The monoisotopic (exact) mass is 101 g/mol. The Labute approximate surface area is 44.2 Å². The molecule has 1 N–H and O–H groups in total. The molecule has 2 nitrogen and oxygen atoms in total. The van der Waals surface area contributed by atoms with E-state index in [1.165, 1.54) is 6.08 Å². The van der Waals surface area contributed by atoms with Crippen LogP contribution in [-0.4, -0.2) is 20.4 Å². The van der Waals surface area contributed by atoms with E-state index in [2.05, 4.69) is 11.9 Å². The van der Waals surface area contributed by atoms with E-state index in [1.54, 1.807) is 0 Å². The molecule has 0 saturated heterocycles. The molecule has 0 fully saturated rings. The lowest BCUT2D eigenvalue weighted by molar-refractivity contribution is -0.104. The predicted octanol–water partition coefficient (Wildman–Crippen LogP) is 0.207. The number of carbonyl (C=O) groups excluding carboxylic acids is 1. The van der Waals surface area contributed by atoms with E-state index in [1.807, 2.05) is 14.1 Å². The molecule has 0 saturated carbocycles. The second kappa shape index (κ2) is 18.3. The van der Waals surface area contributed by atoms with Gasteiger partial charge in [0.2, 0.25) is 0 Å². The number of allylic oxidation sites excluding steroid dienone is 1. The zero-order valence-corrected chi connectivity index (χ0v) is 4.77. The van der Waals surface area contributed by atoms with E-state index >= 15 is 0 Å². The highest BCUT2D eigenvalue weighted by molar-refractivity contribution is 5.63. The van der Waals surface area contributed by atoms with Gasteiger partial charge >= 0.3 is 0 Å². The predicted molar refractivity (Wildman–Crippen MR) is 31.2 cm³/mol. The molecule has 0 rings (SSSR count). The van der Waals surface area contributed by atoms with E-state index in [0.717, 1.165) is 0 Å². The molecule has 0 unspecified atom stereocenters. The lowest BCUT2D eigenvalue weighted by Crippen LogP contribution is -1.89. The number of nitrogens with one attached hydrogen (secondary N) is 1. The van der Waals surface area contributed by atoms with Gasteiger partial charge in [0.15, 0.2) is 0 Å². The Bertz CT molecular complexity index is 37.3. The Balaban J connectivity index is 0. The molecule has 0 bridgehead atoms. The van der Waals surface area contributed by atoms with Gasteiger partial charge in [-0.3, -0.25) is 4.79 Å². The first-order valence-electron chi connectivity index (χ1n) is 1.98. The molecule has 0 aliphatic heterocycles. The lowest BCUT2D eigenvalue weighted by Gasteiger charge is -1.59. The molecular weight excluding hydrogens is 90.1 g/mol. The highest BCUT2D eigenvalue weighted by Gasteiger charge is 1.38. The number of rotatable bonds is 1. The third-order valence-corrected chi connectivity index (χ3v) is 0.0962. The standard InChI is InChI=1S/C3H4O.C2H7N/c1-2-3-4;1-3-2/h2-3H,1H2;3H,1-2H3. The Morgan fingerprint density at radius 1 is 1.57 bits per heavy atom. The summed E-state index contributed by atoms with van der Waals surface area (Å²) in [5.41, 5.74) is 0. The number of carbonyl (C=O) groups is 1. The first kappa shape index (κ1) is 9.62. The van der Waals surface area contributed by atoms with Crippen molar-refractivity contribution in [2.75, 3.05) is 14.1 Å². The van der Waals surface area contributed by atoms with Crippen molar-refractivity contribution in [2.45, 2.75) is 0 Å². The van der Waals surface area contributed by atoms with Gasteiger partial charge in [-0.2, -0.15) is 0 Å². The van der Waals surface area contributed by atoms with Crippen LogP contribution in [0, 0.1) is 0 Å². The summed E-state index contributed by atoms with van der Waals surface area (Å²) >= 11 is 0. The summed E-state index contributed by atoms with van der Waals surface area (Å²) in [6.45, 7) is 3.11. The molecule has 0 atom stereocenters. The van der Waals surface area contributed by atoms with E-state index in [4.69, 9.17) is 4.79 Å². The summed E-state index contributed by atoms with van der Waals surface area (Å²) in [5, 5.41) is 2.75. The Morgan fingerprint density at radius 3 is 1.71 bits per heavy atom. The maximum Gasteiger partial charge on any atom is 0.142 e. The highest BCUT2D eigenvalue weighted by Crippen LogP contribution is 1.35. The molecule has 0 amide bonds. The third-order valence-electron chi connectivity index (χ3n) is 0.0962. The van der Waals surface area contributed by atoms with Crippen molar-refractivity contribution in [3.05, 3.63) is 12.7 Å². The molecule has 0 aromatic carbocycles. The summed E-state index contributed by atoms with van der Waals surface area (Å²) in [7, 11) is 3.75. The van der Waals surface area contributed by atoms with Crippen LogP contribution in [0.15, 0.2) is 12.7 Å². The van der Waals surface area contributed by atoms with Gasteiger partial charge in [-0.25, -0.2) is 0 Å². The fraction of sp³-hybridized carbons (Fsp3) is 0.400. The average molecular weight is 101 g/mol. The smallest absolute Gasteiger partial charge is 0.142 e. The Hall–Kier alpha value is -0.630. The molecule has 7 heavy (non-hydrogen) atoms. The third kappa shape index (κ3) is 445. The minimum Gasteiger partial charge on any atom is -0.323 e. The van der Waals surface area contributed by atoms with Gasteiger partial charge in [0.05, 0.1) is 0 Å². The molecule has 2 heteroatoms. The summed E-state index contributed by atoms with van der Waals surface area (Å²) in [6.07, 6.45) is 1.83. The van der Waals surface area contributed by atoms with Crippen LogP contribution in [0.5, 0.6) is 0 Å². The molecule has 0 aliphatic carbocycles. The topological polar surface area (TPSA) is 29.1 Å². The molecule has 0 aromatic heterocycles. The summed E-state index contributed by atoms with van der Waals surface area (Å²) in [4.78, 5) is 9.06. The minimum absolute atomic E-state index is 0.639. The second-order valence-corrected chi connectivity index (χ2v) is 0.872. The molecule has 0 aliphatic rings. The zero-order valence-electron chi connectivity index (χ0n) is 4.77. The first-order valence-corrected chi connectivity index (χ1v) is 1.98. The van der Waals surface area contributed by atoms with E-state index < -0.39 is 0 Å². The van der Waals surface area contributed by atoms with Crippen molar-refractivity contribution in [2.24, 2.45) is 0 Å². The van der Waals surface area contributed by atoms with Crippen LogP contribution >= 0.6 is 0 Å². The van der Waals surface area contributed by atoms with Gasteiger partial charge < -0.3 is 5.32 Å². The van der Waals surface area contributed by atoms with Gasteiger partial charge in [-0.05, 0) is 20.2 Å². The largest absolute Gasteiger partial charge is 0.323 e. The van der Waals surface area contributed by atoms with Crippen LogP contribution in [0.1, 0.15) is 0 Å². The number of hydrogen-bond acceptors (Lipinski definition) is 2. The van der Waals surface area contributed by atoms with Crippen molar-refractivity contribution in [3.8, 4) is 0 Å². The quantitative estimate of drug-likeness (QED) is 0.378. The Kier molecular flexibility index (Phi) is 25.1. The SMILES string of the molecule is C=CC=O.CNC. The second-order valence-electron chi connectivity index (χ2n) is 0.872. The first-order chi connectivity index (χ1) is 3.33. The number of hydrogen-bond donors (Lipinski definition) is 1. The summed E-state index contributed by atoms with van der Waals surface area (Å²) in [5.74, 6) is 0. The van der Waals surface area contributed by atoms with Crippen LogP contribution in [0.2, 0.25) is 0 Å².